The predicted octanol–water partition coefficient (Wildman–Crippen LogP) is 4.25. The van der Waals surface area contributed by atoms with Gasteiger partial charge in [-0.25, -0.2) is 4.99 Å². The number of rotatable bonds is 4. The molecule has 4 rings (SSSR count). The molecule has 0 amide bonds. The number of aromatic amines is 2. The second kappa shape index (κ2) is 6.28. The highest BCUT2D eigenvalue weighted by molar-refractivity contribution is 6.02. The Bertz CT molecular complexity index is 1060. The van der Waals surface area contributed by atoms with E-state index in [2.05, 4.69) is 51.4 Å². The quantitative estimate of drug-likeness (QED) is 0.489. The van der Waals surface area contributed by atoms with Gasteiger partial charge in [-0.2, -0.15) is 5.10 Å². The van der Waals surface area contributed by atoms with E-state index in [0.717, 1.165) is 23.0 Å². The molecule has 0 saturated heterocycles. The van der Waals surface area contributed by atoms with E-state index >= 15 is 0 Å². The number of aliphatic imine (C=N–C) groups is 1. The normalized spacial score (nSPS) is 11.6. The van der Waals surface area contributed by atoms with Crippen molar-refractivity contribution < 1.29 is 5.11 Å². The van der Waals surface area contributed by atoms with Gasteiger partial charge in [0.2, 0.25) is 0 Å². The van der Waals surface area contributed by atoms with Crippen molar-refractivity contribution >= 4 is 22.9 Å². The van der Waals surface area contributed by atoms with Crippen LogP contribution in [0.2, 0.25) is 0 Å². The standard InChI is InChI=1S/C20H18N4O/c1-13-5-4-6-14(9-13)10-15-11-19(24-23-15)21-12-17-16-7-2-3-8-18(16)22-20(17)25/h2-9,11-12,22,25H,10H2,1H3,(H,23,24). The SMILES string of the molecule is Cc1cccc(Cc2cc(N=Cc3c(O)[nH]c4ccccc34)n[nH]2)c1. The zero-order valence-corrected chi connectivity index (χ0v) is 13.8. The van der Waals surface area contributed by atoms with Crippen LogP contribution in [0.5, 0.6) is 5.88 Å². The van der Waals surface area contributed by atoms with Gasteiger partial charge in [0.05, 0.1) is 5.56 Å². The lowest BCUT2D eigenvalue weighted by Crippen LogP contribution is -1.88. The van der Waals surface area contributed by atoms with Crippen molar-refractivity contribution in [3.63, 3.8) is 0 Å². The fourth-order valence-electron chi connectivity index (χ4n) is 2.96. The summed E-state index contributed by atoms with van der Waals surface area (Å²) in [5, 5.41) is 18.2. The number of para-hydroxylation sites is 1. The summed E-state index contributed by atoms with van der Waals surface area (Å²) in [6.07, 6.45) is 2.42. The largest absolute Gasteiger partial charge is 0.494 e. The highest BCUT2D eigenvalue weighted by atomic mass is 16.3. The summed E-state index contributed by atoms with van der Waals surface area (Å²) in [4.78, 5) is 7.33. The van der Waals surface area contributed by atoms with Crippen LogP contribution < -0.4 is 0 Å². The zero-order chi connectivity index (χ0) is 17.2. The fraction of sp³-hybridized carbons (Fsp3) is 0.100. The molecular weight excluding hydrogens is 312 g/mol. The Morgan fingerprint density at radius 2 is 2.00 bits per heavy atom. The third-order valence-corrected chi connectivity index (χ3v) is 4.15. The van der Waals surface area contributed by atoms with Gasteiger partial charge in [-0.15, -0.1) is 0 Å². The Morgan fingerprint density at radius 1 is 1.12 bits per heavy atom. The first-order valence-electron chi connectivity index (χ1n) is 8.12. The summed E-state index contributed by atoms with van der Waals surface area (Å²) in [6, 6.07) is 18.0. The summed E-state index contributed by atoms with van der Waals surface area (Å²) in [7, 11) is 0. The van der Waals surface area contributed by atoms with Gasteiger partial charge in [0.1, 0.15) is 0 Å². The molecule has 0 bridgehead atoms. The molecule has 2 heterocycles. The smallest absolute Gasteiger partial charge is 0.198 e. The number of fused-ring (bicyclic) bond motifs is 1. The Morgan fingerprint density at radius 3 is 2.88 bits per heavy atom. The minimum atomic E-state index is 0.112. The first-order chi connectivity index (χ1) is 12.2. The molecule has 0 aliphatic rings. The van der Waals surface area contributed by atoms with Crippen LogP contribution in [0, 0.1) is 6.92 Å². The van der Waals surface area contributed by atoms with Crippen LogP contribution in [-0.2, 0) is 6.42 Å². The van der Waals surface area contributed by atoms with Crippen molar-refractivity contribution in [2.45, 2.75) is 13.3 Å². The molecule has 5 heteroatoms. The maximum absolute atomic E-state index is 10.1. The number of benzene rings is 2. The molecule has 25 heavy (non-hydrogen) atoms. The first-order valence-corrected chi connectivity index (χ1v) is 8.12. The lowest BCUT2D eigenvalue weighted by Gasteiger charge is -1.99. The molecule has 124 valence electrons. The molecule has 0 saturated carbocycles. The van der Waals surface area contributed by atoms with Gasteiger partial charge in [0.15, 0.2) is 11.7 Å². The Kier molecular flexibility index (Phi) is 3.82. The van der Waals surface area contributed by atoms with E-state index in [9.17, 15) is 5.11 Å². The minimum Gasteiger partial charge on any atom is -0.494 e. The highest BCUT2D eigenvalue weighted by Gasteiger charge is 2.08. The van der Waals surface area contributed by atoms with Crippen LogP contribution in [0.25, 0.3) is 10.9 Å². The van der Waals surface area contributed by atoms with Gasteiger partial charge >= 0.3 is 0 Å². The van der Waals surface area contributed by atoms with Gasteiger partial charge in [-0.05, 0) is 18.6 Å². The lowest BCUT2D eigenvalue weighted by molar-refractivity contribution is 0.457. The van der Waals surface area contributed by atoms with Crippen LogP contribution in [0.15, 0.2) is 59.6 Å². The molecule has 0 aliphatic carbocycles. The topological polar surface area (TPSA) is 77.1 Å². The Labute approximate surface area is 145 Å². The lowest BCUT2D eigenvalue weighted by atomic mass is 10.1. The Hall–Kier alpha value is -3.34. The van der Waals surface area contributed by atoms with E-state index in [-0.39, 0.29) is 5.88 Å². The van der Waals surface area contributed by atoms with Crippen molar-refractivity contribution in [3.05, 3.63) is 77.0 Å². The van der Waals surface area contributed by atoms with Gasteiger partial charge in [0, 0.05) is 35.3 Å². The molecule has 2 aromatic heterocycles. The number of hydrogen-bond donors (Lipinski definition) is 3. The van der Waals surface area contributed by atoms with Crippen LogP contribution in [0.4, 0.5) is 5.82 Å². The zero-order valence-electron chi connectivity index (χ0n) is 13.8. The van der Waals surface area contributed by atoms with Crippen LogP contribution in [0.3, 0.4) is 0 Å². The molecule has 5 nitrogen and oxygen atoms in total. The number of nitrogens with one attached hydrogen (secondary N) is 2. The Balaban J connectivity index is 1.56. The van der Waals surface area contributed by atoms with Gasteiger partial charge < -0.3 is 10.1 Å². The second-order valence-electron chi connectivity index (χ2n) is 6.11. The maximum atomic E-state index is 10.1. The number of aromatic nitrogens is 3. The number of hydrogen-bond acceptors (Lipinski definition) is 3. The summed E-state index contributed by atoms with van der Waals surface area (Å²) in [5.41, 5.74) is 5.02. The van der Waals surface area contributed by atoms with Gasteiger partial charge in [0.25, 0.3) is 0 Å². The number of aryl methyl sites for hydroxylation is 1. The van der Waals surface area contributed by atoms with Gasteiger partial charge in [-0.1, -0.05) is 48.0 Å². The summed E-state index contributed by atoms with van der Waals surface area (Å²) < 4.78 is 0. The van der Waals surface area contributed by atoms with Crippen molar-refractivity contribution in [1.29, 1.82) is 0 Å². The van der Waals surface area contributed by atoms with E-state index in [4.69, 9.17) is 0 Å². The van der Waals surface area contributed by atoms with Crippen molar-refractivity contribution in [3.8, 4) is 5.88 Å². The van der Waals surface area contributed by atoms with E-state index in [0.29, 0.717) is 11.4 Å². The molecule has 0 aliphatic heterocycles. The molecule has 0 unspecified atom stereocenters. The number of nitrogens with zero attached hydrogens (tertiary/aromatic N) is 2. The average molecular weight is 330 g/mol. The molecular formula is C20H18N4O. The summed E-state index contributed by atoms with van der Waals surface area (Å²) >= 11 is 0. The monoisotopic (exact) mass is 330 g/mol. The first kappa shape index (κ1) is 15.2. The summed E-state index contributed by atoms with van der Waals surface area (Å²) in [6.45, 7) is 2.08. The molecule has 0 atom stereocenters. The fourth-order valence-corrected chi connectivity index (χ4v) is 2.96. The molecule has 2 aromatic carbocycles. The molecule has 0 fully saturated rings. The van der Waals surface area contributed by atoms with Crippen molar-refractivity contribution in [2.75, 3.05) is 0 Å². The molecule has 0 spiro atoms. The maximum Gasteiger partial charge on any atom is 0.198 e. The molecule has 3 N–H and O–H groups in total. The minimum absolute atomic E-state index is 0.112. The van der Waals surface area contributed by atoms with E-state index < -0.39 is 0 Å². The second-order valence-corrected chi connectivity index (χ2v) is 6.11. The average Bonchev–Trinajstić information content (AvgIpc) is 3.16. The van der Waals surface area contributed by atoms with E-state index in [1.807, 2.05) is 30.3 Å². The summed E-state index contributed by atoms with van der Waals surface area (Å²) in [5.74, 6) is 0.702. The van der Waals surface area contributed by atoms with E-state index in [1.54, 1.807) is 6.21 Å². The van der Waals surface area contributed by atoms with Crippen molar-refractivity contribution in [2.24, 2.45) is 4.99 Å². The highest BCUT2D eigenvalue weighted by Crippen LogP contribution is 2.25. The molecule has 0 radical (unpaired) electrons. The number of aromatic hydroxyl groups is 1. The van der Waals surface area contributed by atoms with Gasteiger partial charge in [-0.3, -0.25) is 5.10 Å². The van der Waals surface area contributed by atoms with Crippen LogP contribution in [-0.4, -0.2) is 26.5 Å². The molecule has 4 aromatic rings. The van der Waals surface area contributed by atoms with E-state index in [1.165, 1.54) is 11.1 Å². The third-order valence-electron chi connectivity index (χ3n) is 4.15. The van der Waals surface area contributed by atoms with Crippen molar-refractivity contribution in [1.82, 2.24) is 15.2 Å². The third kappa shape index (κ3) is 3.17. The predicted molar refractivity (Wildman–Crippen MR) is 99.8 cm³/mol. The van der Waals surface area contributed by atoms with Crippen LogP contribution >= 0.6 is 0 Å². The van der Waals surface area contributed by atoms with Crippen LogP contribution in [0.1, 0.15) is 22.4 Å². The number of H-pyrrole nitrogens is 2.